The van der Waals surface area contributed by atoms with E-state index in [1.807, 2.05) is 32.6 Å². The number of anilines is 1. The molecule has 0 bridgehead atoms. The van der Waals surface area contributed by atoms with Crippen molar-refractivity contribution in [3.05, 3.63) is 84.0 Å². The fourth-order valence-electron chi connectivity index (χ4n) is 4.72. The number of nitrogens with two attached hydrogens (primary N) is 1. The largest absolute Gasteiger partial charge is 0.352 e. The summed E-state index contributed by atoms with van der Waals surface area (Å²) < 4.78 is 16.9. The standard InChI is InChI=1S/C27H31FN10/c1-27(29,21-5-7-23(28)8-6-21)22-15-32-26(33-16-22)37-11-9-36(10-12-37)25(30-2)24-13-19(18-38(24)31-3)20-14-34-35(4)17-20/h5-8,13-18H,3,9-12,29H2,1-2,4H3/b30-25+/t27-/m0/s1. The Morgan fingerprint density at radius 2 is 1.68 bits per heavy atom. The zero-order valence-electron chi connectivity index (χ0n) is 21.8. The maximum Gasteiger partial charge on any atom is 0.225 e. The van der Waals surface area contributed by atoms with Gasteiger partial charge >= 0.3 is 0 Å². The van der Waals surface area contributed by atoms with Crippen LogP contribution < -0.4 is 10.6 Å². The van der Waals surface area contributed by atoms with Gasteiger partial charge in [0.2, 0.25) is 5.95 Å². The molecule has 11 heteroatoms. The minimum Gasteiger partial charge on any atom is -0.352 e. The molecule has 1 aromatic carbocycles. The first kappa shape index (κ1) is 25.3. The third-order valence-electron chi connectivity index (χ3n) is 6.98. The number of nitrogens with zero attached hydrogens (tertiary/aromatic N) is 9. The molecule has 1 aliphatic heterocycles. The van der Waals surface area contributed by atoms with Crippen LogP contribution in [0.1, 0.15) is 23.7 Å². The Morgan fingerprint density at radius 1 is 1.00 bits per heavy atom. The Hall–Kier alpha value is -4.38. The number of aromatic nitrogens is 5. The zero-order chi connectivity index (χ0) is 26.9. The van der Waals surface area contributed by atoms with Crippen LogP contribution in [0.5, 0.6) is 0 Å². The fraction of sp³-hybridized carbons (Fsp3) is 0.296. The van der Waals surface area contributed by atoms with Crippen molar-refractivity contribution in [2.24, 2.45) is 22.9 Å². The number of hydrogen-bond acceptors (Lipinski definition) is 7. The van der Waals surface area contributed by atoms with Gasteiger partial charge < -0.3 is 15.5 Å². The lowest BCUT2D eigenvalue weighted by Crippen LogP contribution is -2.49. The van der Waals surface area contributed by atoms with Crippen molar-refractivity contribution < 1.29 is 4.39 Å². The Kier molecular flexibility index (Phi) is 6.77. The molecule has 0 unspecified atom stereocenters. The van der Waals surface area contributed by atoms with E-state index in [1.54, 1.807) is 40.9 Å². The van der Waals surface area contributed by atoms with Crippen molar-refractivity contribution in [3.8, 4) is 11.1 Å². The van der Waals surface area contributed by atoms with Crippen LogP contribution in [0.2, 0.25) is 0 Å². The summed E-state index contributed by atoms with van der Waals surface area (Å²) in [6.07, 6.45) is 9.23. The summed E-state index contributed by atoms with van der Waals surface area (Å²) in [6.45, 7) is 8.55. The first-order valence-electron chi connectivity index (χ1n) is 12.3. The molecule has 1 atom stereocenters. The lowest BCUT2D eigenvalue weighted by molar-refractivity contribution is 0.381. The molecule has 1 saturated heterocycles. The van der Waals surface area contributed by atoms with Gasteiger partial charge in [-0.3, -0.25) is 9.67 Å². The lowest BCUT2D eigenvalue weighted by atomic mass is 9.87. The van der Waals surface area contributed by atoms with Gasteiger partial charge in [-0.05, 0) is 30.7 Å². The zero-order valence-corrected chi connectivity index (χ0v) is 21.8. The van der Waals surface area contributed by atoms with Crippen molar-refractivity contribution in [2.45, 2.75) is 12.5 Å². The molecule has 10 nitrogen and oxygen atoms in total. The van der Waals surface area contributed by atoms with E-state index in [2.05, 4.69) is 47.7 Å². The maximum atomic E-state index is 13.3. The predicted molar refractivity (Wildman–Crippen MR) is 147 cm³/mol. The van der Waals surface area contributed by atoms with Crippen LogP contribution >= 0.6 is 0 Å². The summed E-state index contributed by atoms with van der Waals surface area (Å²) in [4.78, 5) is 18.2. The van der Waals surface area contributed by atoms with Crippen LogP contribution in [0.25, 0.3) is 11.1 Å². The third-order valence-corrected chi connectivity index (χ3v) is 6.98. The van der Waals surface area contributed by atoms with E-state index < -0.39 is 5.54 Å². The first-order chi connectivity index (χ1) is 18.3. The number of amidine groups is 1. The highest BCUT2D eigenvalue weighted by atomic mass is 19.1. The number of aliphatic imine (C=N–C) groups is 1. The van der Waals surface area contributed by atoms with E-state index in [9.17, 15) is 4.39 Å². The van der Waals surface area contributed by atoms with E-state index in [0.29, 0.717) is 5.95 Å². The Labute approximate surface area is 220 Å². The van der Waals surface area contributed by atoms with Gasteiger partial charge in [-0.1, -0.05) is 12.1 Å². The van der Waals surface area contributed by atoms with Gasteiger partial charge in [0, 0.05) is 88.5 Å². The van der Waals surface area contributed by atoms with Crippen molar-refractivity contribution in [2.75, 3.05) is 38.1 Å². The molecular formula is C27H31FN10. The van der Waals surface area contributed by atoms with Gasteiger partial charge in [-0.15, -0.1) is 0 Å². The van der Waals surface area contributed by atoms with E-state index in [4.69, 9.17) is 5.73 Å². The molecular weight excluding hydrogens is 483 g/mol. The van der Waals surface area contributed by atoms with Gasteiger partial charge in [-0.25, -0.2) is 19.0 Å². The van der Waals surface area contributed by atoms with E-state index in [0.717, 1.165) is 60.0 Å². The second-order valence-electron chi connectivity index (χ2n) is 9.50. The van der Waals surface area contributed by atoms with E-state index in [-0.39, 0.29) is 5.82 Å². The van der Waals surface area contributed by atoms with Crippen LogP contribution in [0.4, 0.5) is 10.3 Å². The molecule has 4 heterocycles. The summed E-state index contributed by atoms with van der Waals surface area (Å²) in [6, 6.07) is 8.25. The highest BCUT2D eigenvalue weighted by molar-refractivity contribution is 5.99. The van der Waals surface area contributed by atoms with Crippen LogP contribution in [0, 0.1) is 5.82 Å². The van der Waals surface area contributed by atoms with Gasteiger partial charge in [-0.2, -0.15) is 10.2 Å². The molecule has 0 radical (unpaired) electrons. The molecule has 0 amide bonds. The minimum atomic E-state index is -0.833. The lowest BCUT2D eigenvalue weighted by Gasteiger charge is -2.36. The molecule has 1 fully saturated rings. The summed E-state index contributed by atoms with van der Waals surface area (Å²) in [5, 5.41) is 8.45. The minimum absolute atomic E-state index is 0.297. The number of hydrogen-bond donors (Lipinski definition) is 1. The van der Waals surface area contributed by atoms with E-state index >= 15 is 0 Å². The summed E-state index contributed by atoms with van der Waals surface area (Å²) >= 11 is 0. The molecule has 0 saturated carbocycles. The normalized spacial score (nSPS) is 16.0. The Balaban J connectivity index is 1.28. The molecule has 0 aliphatic carbocycles. The Bertz CT molecular complexity index is 1440. The number of piperazine rings is 1. The average molecular weight is 515 g/mol. The molecule has 2 N–H and O–H groups in total. The van der Waals surface area contributed by atoms with Crippen LogP contribution in [-0.4, -0.2) is 75.1 Å². The van der Waals surface area contributed by atoms with Gasteiger partial charge in [0.25, 0.3) is 0 Å². The molecule has 3 aromatic heterocycles. The second-order valence-corrected chi connectivity index (χ2v) is 9.50. The third kappa shape index (κ3) is 4.80. The summed E-state index contributed by atoms with van der Waals surface area (Å²) in [5.41, 5.74) is 10.2. The quantitative estimate of drug-likeness (QED) is 0.313. The fourth-order valence-corrected chi connectivity index (χ4v) is 4.72. The van der Waals surface area contributed by atoms with E-state index in [1.165, 1.54) is 12.1 Å². The summed E-state index contributed by atoms with van der Waals surface area (Å²) in [5.74, 6) is 1.20. The number of benzene rings is 1. The predicted octanol–water partition coefficient (Wildman–Crippen LogP) is 2.70. The number of aryl methyl sites for hydroxylation is 1. The average Bonchev–Trinajstić information content (AvgIpc) is 3.56. The van der Waals surface area contributed by atoms with Crippen molar-refractivity contribution in [3.63, 3.8) is 0 Å². The Morgan fingerprint density at radius 3 is 2.26 bits per heavy atom. The van der Waals surface area contributed by atoms with Gasteiger partial charge in [0.15, 0.2) is 0 Å². The van der Waals surface area contributed by atoms with Crippen molar-refractivity contribution >= 4 is 18.5 Å². The number of rotatable bonds is 6. The molecule has 196 valence electrons. The monoisotopic (exact) mass is 514 g/mol. The summed E-state index contributed by atoms with van der Waals surface area (Å²) in [7, 11) is 3.68. The first-order valence-corrected chi connectivity index (χ1v) is 12.3. The highest BCUT2D eigenvalue weighted by Crippen LogP contribution is 2.27. The molecule has 38 heavy (non-hydrogen) atoms. The molecule has 1 aliphatic rings. The van der Waals surface area contributed by atoms with Crippen LogP contribution in [0.3, 0.4) is 0 Å². The van der Waals surface area contributed by atoms with Crippen LogP contribution in [-0.2, 0) is 12.6 Å². The number of halogens is 1. The molecule has 0 spiro atoms. The highest BCUT2D eigenvalue weighted by Gasteiger charge is 2.27. The van der Waals surface area contributed by atoms with Crippen molar-refractivity contribution in [1.29, 1.82) is 0 Å². The van der Waals surface area contributed by atoms with Gasteiger partial charge in [0.1, 0.15) is 17.3 Å². The van der Waals surface area contributed by atoms with Crippen molar-refractivity contribution in [1.82, 2.24) is 29.3 Å². The smallest absolute Gasteiger partial charge is 0.225 e. The SMILES string of the molecule is C=Nn1cc(-c2cnn(C)c2)cc1/C(=N\C)N1CCN(c2ncc([C@@](C)(N)c3ccc(F)cc3)cn2)CC1. The molecule has 4 aromatic rings. The van der Waals surface area contributed by atoms with Gasteiger partial charge in [0.05, 0.1) is 11.7 Å². The van der Waals surface area contributed by atoms with Crippen LogP contribution in [0.15, 0.2) is 71.4 Å². The molecule has 5 rings (SSSR count). The topological polar surface area (TPSA) is 106 Å². The maximum absolute atomic E-state index is 13.3. The second kappa shape index (κ2) is 10.2.